The Morgan fingerprint density at radius 2 is 2.45 bits per heavy atom. The molecular formula is C8H10N2O. The summed E-state index contributed by atoms with van der Waals surface area (Å²) >= 11 is 0. The molecule has 0 atom stereocenters. The fourth-order valence-corrected chi connectivity index (χ4v) is 0.873. The summed E-state index contributed by atoms with van der Waals surface area (Å²) in [5.74, 6) is -0.487. The van der Waals surface area contributed by atoms with Crippen LogP contribution < -0.4 is 5.73 Å². The molecule has 0 unspecified atom stereocenters. The third-order valence-corrected chi connectivity index (χ3v) is 1.53. The number of primary amides is 1. The lowest BCUT2D eigenvalue weighted by atomic mass is 10.1. The van der Waals surface area contributed by atoms with Crippen LogP contribution in [0.1, 0.15) is 12.8 Å². The SMILES string of the molecule is C=C(C(N)=O)C1=NC=CCC1. The van der Waals surface area contributed by atoms with Crippen LogP contribution in [0.2, 0.25) is 0 Å². The van der Waals surface area contributed by atoms with Crippen molar-refractivity contribution in [3.8, 4) is 0 Å². The Morgan fingerprint density at radius 1 is 1.73 bits per heavy atom. The molecule has 3 heteroatoms. The van der Waals surface area contributed by atoms with E-state index in [-0.39, 0.29) is 0 Å². The van der Waals surface area contributed by atoms with Crippen molar-refractivity contribution in [2.75, 3.05) is 0 Å². The maximum Gasteiger partial charge on any atom is 0.249 e. The number of allylic oxidation sites excluding steroid dienone is 1. The first kappa shape index (κ1) is 7.72. The summed E-state index contributed by atoms with van der Waals surface area (Å²) in [5, 5.41) is 0. The third kappa shape index (κ3) is 1.77. The quantitative estimate of drug-likeness (QED) is 0.581. The minimum atomic E-state index is -0.487. The van der Waals surface area contributed by atoms with Crippen LogP contribution >= 0.6 is 0 Å². The van der Waals surface area contributed by atoms with Crippen molar-refractivity contribution in [2.45, 2.75) is 12.8 Å². The highest BCUT2D eigenvalue weighted by molar-refractivity contribution is 6.20. The van der Waals surface area contributed by atoms with Gasteiger partial charge in [0.05, 0.1) is 11.3 Å². The molecule has 0 spiro atoms. The highest BCUT2D eigenvalue weighted by atomic mass is 16.1. The predicted molar refractivity (Wildman–Crippen MR) is 44.1 cm³/mol. The van der Waals surface area contributed by atoms with Gasteiger partial charge in [0, 0.05) is 6.20 Å². The molecule has 2 N–H and O–H groups in total. The van der Waals surface area contributed by atoms with Crippen molar-refractivity contribution in [3.63, 3.8) is 0 Å². The van der Waals surface area contributed by atoms with E-state index in [1.807, 2.05) is 6.08 Å². The number of carbonyl (C=O) groups is 1. The largest absolute Gasteiger partial charge is 0.366 e. The second-order valence-electron chi connectivity index (χ2n) is 2.34. The molecule has 1 aliphatic rings. The van der Waals surface area contributed by atoms with Crippen LogP contribution in [0.5, 0.6) is 0 Å². The minimum absolute atomic E-state index is 0.328. The summed E-state index contributed by atoms with van der Waals surface area (Å²) in [6, 6.07) is 0. The molecule has 11 heavy (non-hydrogen) atoms. The summed E-state index contributed by atoms with van der Waals surface area (Å²) in [4.78, 5) is 14.6. The van der Waals surface area contributed by atoms with Gasteiger partial charge in [0.15, 0.2) is 0 Å². The van der Waals surface area contributed by atoms with Gasteiger partial charge in [-0.15, -0.1) is 0 Å². The molecular weight excluding hydrogens is 140 g/mol. The molecule has 1 heterocycles. The highest BCUT2D eigenvalue weighted by Gasteiger charge is 2.10. The molecule has 0 radical (unpaired) electrons. The molecule has 58 valence electrons. The number of carbonyl (C=O) groups excluding carboxylic acids is 1. The standard InChI is InChI=1S/C8H10N2O/c1-6(8(9)11)7-4-2-3-5-10-7/h3,5H,1-2,4H2,(H2,9,11). The molecule has 0 aliphatic carbocycles. The van der Waals surface area contributed by atoms with Crippen molar-refractivity contribution in [1.29, 1.82) is 0 Å². The Kier molecular flexibility index (Phi) is 2.21. The predicted octanol–water partition coefficient (Wildman–Crippen LogP) is 0.776. The zero-order valence-electron chi connectivity index (χ0n) is 6.21. The van der Waals surface area contributed by atoms with Crippen molar-refractivity contribution < 1.29 is 4.79 Å². The zero-order chi connectivity index (χ0) is 8.27. The van der Waals surface area contributed by atoms with Crippen LogP contribution in [0.25, 0.3) is 0 Å². The molecule has 1 aliphatic heterocycles. The van der Waals surface area contributed by atoms with Crippen molar-refractivity contribution in [2.24, 2.45) is 10.7 Å². The van der Waals surface area contributed by atoms with E-state index in [2.05, 4.69) is 11.6 Å². The van der Waals surface area contributed by atoms with E-state index in [4.69, 9.17) is 5.73 Å². The second kappa shape index (κ2) is 3.14. The van der Waals surface area contributed by atoms with Crippen LogP contribution in [-0.4, -0.2) is 11.6 Å². The van der Waals surface area contributed by atoms with E-state index in [9.17, 15) is 4.79 Å². The lowest BCUT2D eigenvalue weighted by Crippen LogP contribution is -2.20. The number of aliphatic imine (C=N–C) groups is 1. The minimum Gasteiger partial charge on any atom is -0.366 e. The summed E-state index contributed by atoms with van der Waals surface area (Å²) in [7, 11) is 0. The first-order chi connectivity index (χ1) is 5.22. The molecule has 1 amide bonds. The van der Waals surface area contributed by atoms with Gasteiger partial charge in [-0.3, -0.25) is 9.79 Å². The van der Waals surface area contributed by atoms with E-state index in [1.165, 1.54) is 0 Å². The number of rotatable bonds is 2. The first-order valence-corrected chi connectivity index (χ1v) is 3.42. The van der Waals surface area contributed by atoms with Crippen molar-refractivity contribution >= 4 is 11.6 Å². The number of hydrogen-bond acceptors (Lipinski definition) is 2. The van der Waals surface area contributed by atoms with Crippen LogP contribution in [-0.2, 0) is 4.79 Å². The van der Waals surface area contributed by atoms with Crippen LogP contribution in [0, 0.1) is 0 Å². The number of nitrogens with two attached hydrogens (primary N) is 1. The Labute approximate surface area is 65.3 Å². The molecule has 0 bridgehead atoms. The summed E-state index contributed by atoms with van der Waals surface area (Å²) in [6.07, 6.45) is 5.29. The summed E-state index contributed by atoms with van der Waals surface area (Å²) in [6.45, 7) is 3.54. The van der Waals surface area contributed by atoms with E-state index in [0.29, 0.717) is 11.3 Å². The maximum absolute atomic E-state index is 10.6. The van der Waals surface area contributed by atoms with E-state index in [0.717, 1.165) is 12.8 Å². The van der Waals surface area contributed by atoms with Gasteiger partial charge in [0.1, 0.15) is 0 Å². The Bertz CT molecular complexity index is 251. The fourth-order valence-electron chi connectivity index (χ4n) is 0.873. The maximum atomic E-state index is 10.6. The Hall–Kier alpha value is -1.38. The van der Waals surface area contributed by atoms with Gasteiger partial charge >= 0.3 is 0 Å². The van der Waals surface area contributed by atoms with Gasteiger partial charge in [0.25, 0.3) is 0 Å². The molecule has 1 rings (SSSR count). The summed E-state index contributed by atoms with van der Waals surface area (Å²) in [5.41, 5.74) is 6.06. The van der Waals surface area contributed by atoms with Crippen LogP contribution in [0.4, 0.5) is 0 Å². The average molecular weight is 150 g/mol. The number of amides is 1. The van der Waals surface area contributed by atoms with Crippen LogP contribution in [0.3, 0.4) is 0 Å². The molecule has 0 aromatic carbocycles. The lowest BCUT2D eigenvalue weighted by Gasteiger charge is -2.06. The number of hydrogen-bond donors (Lipinski definition) is 1. The third-order valence-electron chi connectivity index (χ3n) is 1.53. The van der Waals surface area contributed by atoms with Gasteiger partial charge < -0.3 is 5.73 Å². The molecule has 0 aromatic heterocycles. The fraction of sp³-hybridized carbons (Fsp3) is 0.250. The Balaban J connectivity index is 2.74. The zero-order valence-corrected chi connectivity index (χ0v) is 6.21. The van der Waals surface area contributed by atoms with E-state index < -0.39 is 5.91 Å². The summed E-state index contributed by atoms with van der Waals surface area (Å²) < 4.78 is 0. The first-order valence-electron chi connectivity index (χ1n) is 3.42. The van der Waals surface area contributed by atoms with Gasteiger partial charge in [-0.25, -0.2) is 0 Å². The van der Waals surface area contributed by atoms with Crippen LogP contribution in [0.15, 0.2) is 29.4 Å². The molecule has 0 aromatic rings. The highest BCUT2D eigenvalue weighted by Crippen LogP contribution is 2.08. The monoisotopic (exact) mass is 150 g/mol. The lowest BCUT2D eigenvalue weighted by molar-refractivity contribution is -0.114. The second-order valence-corrected chi connectivity index (χ2v) is 2.34. The average Bonchev–Trinajstić information content (AvgIpc) is 2.05. The van der Waals surface area contributed by atoms with E-state index in [1.54, 1.807) is 6.20 Å². The van der Waals surface area contributed by atoms with Gasteiger partial charge in [-0.2, -0.15) is 0 Å². The smallest absolute Gasteiger partial charge is 0.249 e. The van der Waals surface area contributed by atoms with Gasteiger partial charge in [-0.05, 0) is 12.8 Å². The normalized spacial score (nSPS) is 15.8. The topological polar surface area (TPSA) is 55.5 Å². The number of nitrogens with zero attached hydrogens (tertiary/aromatic N) is 1. The molecule has 0 fully saturated rings. The van der Waals surface area contributed by atoms with Crippen molar-refractivity contribution in [3.05, 3.63) is 24.4 Å². The molecule has 3 nitrogen and oxygen atoms in total. The van der Waals surface area contributed by atoms with Gasteiger partial charge in [0.2, 0.25) is 5.91 Å². The van der Waals surface area contributed by atoms with E-state index >= 15 is 0 Å². The molecule has 0 saturated carbocycles. The Morgan fingerprint density at radius 3 is 2.91 bits per heavy atom. The van der Waals surface area contributed by atoms with Crippen molar-refractivity contribution in [1.82, 2.24) is 0 Å². The molecule has 0 saturated heterocycles. The van der Waals surface area contributed by atoms with Gasteiger partial charge in [-0.1, -0.05) is 12.7 Å².